The molecule has 0 spiro atoms. The third kappa shape index (κ3) is 1.49. The van der Waals surface area contributed by atoms with Crippen molar-refractivity contribution >= 4 is 16.6 Å². The zero-order valence-electron chi connectivity index (χ0n) is 9.86. The van der Waals surface area contributed by atoms with Gasteiger partial charge in [-0.05, 0) is 36.1 Å². The Kier molecular flexibility index (Phi) is 2.08. The van der Waals surface area contributed by atoms with E-state index in [-0.39, 0.29) is 5.82 Å². The number of piperidine rings is 1. The molecule has 2 aliphatic rings. The first-order chi connectivity index (χ1) is 8.83. The van der Waals surface area contributed by atoms with Crippen molar-refractivity contribution in [2.45, 2.75) is 6.04 Å². The molecular weight excluding hydrogens is 229 g/mol. The van der Waals surface area contributed by atoms with E-state index in [1.165, 1.54) is 6.07 Å². The fraction of sp³-hybridized carbons (Fsp3) is 0.357. The molecule has 1 saturated heterocycles. The van der Waals surface area contributed by atoms with Gasteiger partial charge in [-0.3, -0.25) is 4.98 Å². The molecule has 1 aliphatic heterocycles. The second-order valence-corrected chi connectivity index (χ2v) is 5.18. The third-order valence-electron chi connectivity index (χ3n) is 4.12. The summed E-state index contributed by atoms with van der Waals surface area (Å²) >= 11 is 0. The Hall–Kier alpha value is -1.68. The van der Waals surface area contributed by atoms with E-state index in [1.54, 1.807) is 18.3 Å². The van der Waals surface area contributed by atoms with Crippen molar-refractivity contribution in [2.75, 3.05) is 18.4 Å². The number of hydrogen-bond acceptors (Lipinski definition) is 3. The standard InChI is InChI=1S/C14H14FN3/c15-8-1-2-12-9(5-8)13(3-4-17-12)18-14-10-6-16-7-11(10)14/h1-5,10-11,14,16H,6-7H2,(H,17,18). The van der Waals surface area contributed by atoms with Crippen molar-refractivity contribution in [3.8, 4) is 0 Å². The molecule has 4 heteroatoms. The topological polar surface area (TPSA) is 37.0 Å². The Morgan fingerprint density at radius 2 is 2.06 bits per heavy atom. The SMILES string of the molecule is Fc1ccc2nccc(NC3C4CNCC43)c2c1. The Morgan fingerprint density at radius 3 is 2.89 bits per heavy atom. The van der Waals surface area contributed by atoms with Gasteiger partial charge in [-0.1, -0.05) is 0 Å². The number of rotatable bonds is 2. The minimum Gasteiger partial charge on any atom is -0.381 e. The van der Waals surface area contributed by atoms with Crippen molar-refractivity contribution in [2.24, 2.45) is 11.8 Å². The van der Waals surface area contributed by atoms with Gasteiger partial charge >= 0.3 is 0 Å². The first kappa shape index (κ1) is 10.3. The molecule has 1 aromatic carbocycles. The molecule has 1 aromatic heterocycles. The molecule has 2 unspecified atom stereocenters. The van der Waals surface area contributed by atoms with Crippen LogP contribution in [0.25, 0.3) is 10.9 Å². The molecule has 92 valence electrons. The fourth-order valence-corrected chi connectivity index (χ4v) is 3.06. The van der Waals surface area contributed by atoms with E-state index < -0.39 is 0 Å². The van der Waals surface area contributed by atoms with Crippen molar-refractivity contribution in [3.63, 3.8) is 0 Å². The molecule has 2 fully saturated rings. The van der Waals surface area contributed by atoms with Crippen molar-refractivity contribution in [3.05, 3.63) is 36.3 Å². The van der Waals surface area contributed by atoms with Crippen LogP contribution in [0.15, 0.2) is 30.5 Å². The molecule has 2 heterocycles. The molecule has 0 amide bonds. The second-order valence-electron chi connectivity index (χ2n) is 5.18. The summed E-state index contributed by atoms with van der Waals surface area (Å²) in [7, 11) is 0. The Bertz CT molecular complexity index is 603. The van der Waals surface area contributed by atoms with Crippen LogP contribution in [0, 0.1) is 17.7 Å². The van der Waals surface area contributed by atoms with Gasteiger partial charge in [0.15, 0.2) is 0 Å². The number of fused-ring (bicyclic) bond motifs is 2. The first-order valence-corrected chi connectivity index (χ1v) is 6.34. The summed E-state index contributed by atoms with van der Waals surface area (Å²) in [6.07, 6.45) is 1.78. The molecule has 4 rings (SSSR count). The highest BCUT2D eigenvalue weighted by Gasteiger charge is 2.52. The largest absolute Gasteiger partial charge is 0.381 e. The monoisotopic (exact) mass is 243 g/mol. The summed E-state index contributed by atoms with van der Waals surface area (Å²) in [6.45, 7) is 2.19. The van der Waals surface area contributed by atoms with Gasteiger partial charge in [0, 0.05) is 36.4 Å². The van der Waals surface area contributed by atoms with E-state index in [9.17, 15) is 4.39 Å². The highest BCUT2D eigenvalue weighted by molar-refractivity contribution is 5.91. The normalized spacial score (nSPS) is 29.3. The summed E-state index contributed by atoms with van der Waals surface area (Å²) in [5, 5.41) is 7.78. The number of benzene rings is 1. The van der Waals surface area contributed by atoms with Crippen LogP contribution >= 0.6 is 0 Å². The zero-order valence-corrected chi connectivity index (χ0v) is 9.86. The Balaban J connectivity index is 1.69. The lowest BCUT2D eigenvalue weighted by Gasteiger charge is -2.11. The summed E-state index contributed by atoms with van der Waals surface area (Å²) in [5.41, 5.74) is 1.84. The highest BCUT2D eigenvalue weighted by Crippen LogP contribution is 2.44. The predicted octanol–water partition coefficient (Wildman–Crippen LogP) is 2.00. The molecule has 0 bridgehead atoms. The van der Waals surface area contributed by atoms with Crippen LogP contribution in [-0.2, 0) is 0 Å². The van der Waals surface area contributed by atoms with Gasteiger partial charge in [0.1, 0.15) is 5.82 Å². The summed E-state index contributed by atoms with van der Waals surface area (Å²) in [6, 6.07) is 7.21. The summed E-state index contributed by atoms with van der Waals surface area (Å²) < 4.78 is 13.3. The Morgan fingerprint density at radius 1 is 1.22 bits per heavy atom. The first-order valence-electron chi connectivity index (χ1n) is 6.34. The molecule has 3 nitrogen and oxygen atoms in total. The average molecular weight is 243 g/mol. The lowest BCUT2D eigenvalue weighted by Crippen LogP contribution is -2.21. The smallest absolute Gasteiger partial charge is 0.124 e. The minimum absolute atomic E-state index is 0.212. The van der Waals surface area contributed by atoms with Crippen molar-refractivity contribution in [1.82, 2.24) is 10.3 Å². The van der Waals surface area contributed by atoms with Crippen LogP contribution in [0.2, 0.25) is 0 Å². The minimum atomic E-state index is -0.212. The van der Waals surface area contributed by atoms with E-state index in [0.717, 1.165) is 41.5 Å². The molecule has 1 saturated carbocycles. The quantitative estimate of drug-likeness (QED) is 0.847. The molecule has 2 N–H and O–H groups in total. The van der Waals surface area contributed by atoms with E-state index in [1.807, 2.05) is 6.07 Å². The van der Waals surface area contributed by atoms with Gasteiger partial charge in [-0.2, -0.15) is 0 Å². The highest BCUT2D eigenvalue weighted by atomic mass is 19.1. The van der Waals surface area contributed by atoms with Crippen LogP contribution in [0.5, 0.6) is 0 Å². The Labute approximate surface area is 104 Å². The number of nitrogens with zero attached hydrogens (tertiary/aromatic N) is 1. The lowest BCUT2D eigenvalue weighted by atomic mass is 10.2. The van der Waals surface area contributed by atoms with Crippen LogP contribution in [0.3, 0.4) is 0 Å². The van der Waals surface area contributed by atoms with Gasteiger partial charge in [0.05, 0.1) is 5.52 Å². The van der Waals surface area contributed by atoms with Gasteiger partial charge < -0.3 is 10.6 Å². The number of hydrogen-bond donors (Lipinski definition) is 2. The van der Waals surface area contributed by atoms with Crippen molar-refractivity contribution < 1.29 is 4.39 Å². The molecule has 0 radical (unpaired) electrons. The molecule has 2 aromatic rings. The van der Waals surface area contributed by atoms with Gasteiger partial charge in [-0.25, -0.2) is 4.39 Å². The van der Waals surface area contributed by atoms with E-state index in [0.29, 0.717) is 6.04 Å². The maximum atomic E-state index is 13.3. The molecule has 1 aliphatic carbocycles. The van der Waals surface area contributed by atoms with E-state index in [2.05, 4.69) is 15.6 Å². The third-order valence-corrected chi connectivity index (χ3v) is 4.12. The number of nitrogens with one attached hydrogen (secondary N) is 2. The number of halogens is 1. The van der Waals surface area contributed by atoms with E-state index in [4.69, 9.17) is 0 Å². The molecular formula is C14H14FN3. The predicted molar refractivity (Wildman–Crippen MR) is 69.0 cm³/mol. The average Bonchev–Trinajstić information content (AvgIpc) is 2.83. The maximum absolute atomic E-state index is 13.3. The van der Waals surface area contributed by atoms with Gasteiger partial charge in [0.2, 0.25) is 0 Å². The maximum Gasteiger partial charge on any atom is 0.124 e. The zero-order chi connectivity index (χ0) is 12.1. The van der Waals surface area contributed by atoms with Gasteiger partial charge in [-0.15, -0.1) is 0 Å². The molecule has 18 heavy (non-hydrogen) atoms. The van der Waals surface area contributed by atoms with E-state index >= 15 is 0 Å². The van der Waals surface area contributed by atoms with Crippen LogP contribution in [0.1, 0.15) is 0 Å². The number of aromatic nitrogens is 1. The van der Waals surface area contributed by atoms with Crippen LogP contribution in [0.4, 0.5) is 10.1 Å². The fourth-order valence-electron chi connectivity index (χ4n) is 3.06. The summed E-state index contributed by atoms with van der Waals surface area (Å²) in [4.78, 5) is 4.26. The van der Waals surface area contributed by atoms with Crippen LogP contribution < -0.4 is 10.6 Å². The van der Waals surface area contributed by atoms with Gasteiger partial charge in [0.25, 0.3) is 0 Å². The second kappa shape index (κ2) is 3.65. The lowest BCUT2D eigenvalue weighted by molar-refractivity contribution is 0.629. The summed E-state index contributed by atoms with van der Waals surface area (Å²) in [5.74, 6) is 1.26. The van der Waals surface area contributed by atoms with Crippen LogP contribution in [-0.4, -0.2) is 24.1 Å². The number of anilines is 1. The molecule has 2 atom stereocenters. The number of pyridine rings is 1. The van der Waals surface area contributed by atoms with Crippen molar-refractivity contribution in [1.29, 1.82) is 0 Å².